The van der Waals surface area contributed by atoms with Gasteiger partial charge in [0.25, 0.3) is 0 Å². The summed E-state index contributed by atoms with van der Waals surface area (Å²) < 4.78 is 5.61. The first kappa shape index (κ1) is 24.1. The molecule has 32 heavy (non-hydrogen) atoms. The molecular formula is C30H48O2. The SMILES string of the molecule is CCC(C=CC(C)C1CCC2C1CCC1C2CC=C2CC(OC(C)=O)CCC21C)C(C)C. The maximum absolute atomic E-state index is 11.5. The fourth-order valence-electron chi connectivity index (χ4n) is 8.60. The quantitative estimate of drug-likeness (QED) is 0.309. The molecule has 0 aliphatic heterocycles. The highest BCUT2D eigenvalue weighted by atomic mass is 16.5. The Labute approximate surface area is 197 Å². The summed E-state index contributed by atoms with van der Waals surface area (Å²) >= 11 is 0. The van der Waals surface area contributed by atoms with Crippen molar-refractivity contribution in [1.82, 2.24) is 0 Å². The number of carbonyl (C=O) groups is 1. The van der Waals surface area contributed by atoms with E-state index in [1.165, 1.54) is 44.9 Å². The molecule has 0 aromatic rings. The van der Waals surface area contributed by atoms with Gasteiger partial charge in [-0.1, -0.05) is 58.4 Å². The van der Waals surface area contributed by atoms with Crippen molar-refractivity contribution < 1.29 is 9.53 Å². The summed E-state index contributed by atoms with van der Waals surface area (Å²) in [6.07, 6.45) is 19.3. The van der Waals surface area contributed by atoms with Crippen LogP contribution < -0.4 is 0 Å². The highest BCUT2D eigenvalue weighted by Crippen LogP contribution is 2.63. The van der Waals surface area contributed by atoms with Crippen LogP contribution in [0.15, 0.2) is 23.8 Å². The smallest absolute Gasteiger partial charge is 0.302 e. The van der Waals surface area contributed by atoms with E-state index in [9.17, 15) is 4.79 Å². The van der Waals surface area contributed by atoms with Gasteiger partial charge in [0, 0.05) is 13.3 Å². The predicted molar refractivity (Wildman–Crippen MR) is 133 cm³/mol. The number of allylic oxidation sites excluding steroid dienone is 3. The van der Waals surface area contributed by atoms with Crippen LogP contribution in [0.2, 0.25) is 0 Å². The molecule has 4 rings (SSSR count). The van der Waals surface area contributed by atoms with Crippen molar-refractivity contribution in [3.63, 3.8) is 0 Å². The zero-order valence-corrected chi connectivity index (χ0v) is 21.6. The van der Waals surface area contributed by atoms with Gasteiger partial charge in [-0.25, -0.2) is 0 Å². The lowest BCUT2D eigenvalue weighted by atomic mass is 9.50. The van der Waals surface area contributed by atoms with Crippen LogP contribution in [0, 0.1) is 52.8 Å². The summed E-state index contributed by atoms with van der Waals surface area (Å²) in [5, 5.41) is 0. The third-order valence-electron chi connectivity index (χ3n) is 10.4. The number of esters is 1. The zero-order valence-electron chi connectivity index (χ0n) is 21.6. The number of carbonyl (C=O) groups excluding carboxylic acids is 1. The van der Waals surface area contributed by atoms with Crippen molar-refractivity contribution >= 4 is 5.97 Å². The minimum atomic E-state index is -0.118. The molecule has 4 aliphatic rings. The number of rotatable bonds is 6. The first-order valence-corrected chi connectivity index (χ1v) is 13.8. The summed E-state index contributed by atoms with van der Waals surface area (Å²) in [5.41, 5.74) is 1.96. The number of fused-ring (bicyclic) bond motifs is 5. The Morgan fingerprint density at radius 2 is 1.84 bits per heavy atom. The van der Waals surface area contributed by atoms with Crippen molar-refractivity contribution in [2.75, 3.05) is 0 Å². The van der Waals surface area contributed by atoms with E-state index in [1.807, 2.05) is 0 Å². The van der Waals surface area contributed by atoms with Crippen molar-refractivity contribution in [1.29, 1.82) is 0 Å². The van der Waals surface area contributed by atoms with E-state index in [2.05, 4.69) is 52.8 Å². The van der Waals surface area contributed by atoms with Crippen molar-refractivity contribution in [3.8, 4) is 0 Å². The summed E-state index contributed by atoms with van der Waals surface area (Å²) in [6, 6.07) is 0. The minimum Gasteiger partial charge on any atom is -0.462 e. The van der Waals surface area contributed by atoms with E-state index in [1.54, 1.807) is 12.5 Å². The van der Waals surface area contributed by atoms with Gasteiger partial charge < -0.3 is 4.74 Å². The Morgan fingerprint density at radius 1 is 1.09 bits per heavy atom. The molecule has 0 spiro atoms. The van der Waals surface area contributed by atoms with E-state index in [0.29, 0.717) is 5.41 Å². The van der Waals surface area contributed by atoms with E-state index in [-0.39, 0.29) is 12.1 Å². The lowest BCUT2D eigenvalue weighted by Crippen LogP contribution is -2.48. The molecule has 3 fully saturated rings. The molecule has 0 saturated heterocycles. The van der Waals surface area contributed by atoms with Crippen molar-refractivity contribution in [2.45, 2.75) is 105 Å². The van der Waals surface area contributed by atoms with Gasteiger partial charge in [-0.05, 0) is 104 Å². The summed E-state index contributed by atoms with van der Waals surface area (Å²) in [6.45, 7) is 13.7. The summed E-state index contributed by atoms with van der Waals surface area (Å²) in [4.78, 5) is 11.5. The van der Waals surface area contributed by atoms with Crippen molar-refractivity contribution in [2.24, 2.45) is 52.8 Å². The van der Waals surface area contributed by atoms with Crippen LogP contribution in [0.5, 0.6) is 0 Å². The molecule has 0 heterocycles. The second kappa shape index (κ2) is 9.67. The van der Waals surface area contributed by atoms with Crippen LogP contribution in [-0.4, -0.2) is 12.1 Å². The standard InChI is InChI=1S/C30H48O2/c1-7-22(19(2)3)9-8-20(4)25-12-13-27-26(25)14-15-29-28(27)11-10-23-18-24(32-21(5)31)16-17-30(23,29)6/h8-10,19-20,22,24-29H,7,11-18H2,1-6H3. The van der Waals surface area contributed by atoms with Crippen LogP contribution >= 0.6 is 0 Å². The Bertz CT molecular complexity index is 733. The monoisotopic (exact) mass is 440 g/mol. The maximum atomic E-state index is 11.5. The number of hydrogen-bond donors (Lipinski definition) is 0. The van der Waals surface area contributed by atoms with Crippen LogP contribution in [0.1, 0.15) is 99.3 Å². The average Bonchev–Trinajstić information content (AvgIpc) is 3.18. The van der Waals surface area contributed by atoms with E-state index in [4.69, 9.17) is 4.74 Å². The molecular weight excluding hydrogens is 392 g/mol. The van der Waals surface area contributed by atoms with Crippen LogP contribution in [-0.2, 0) is 9.53 Å². The lowest BCUT2D eigenvalue weighted by molar-refractivity contribution is -0.148. The van der Waals surface area contributed by atoms with Gasteiger partial charge in [-0.3, -0.25) is 4.79 Å². The first-order valence-electron chi connectivity index (χ1n) is 13.8. The zero-order chi connectivity index (χ0) is 23.0. The van der Waals surface area contributed by atoms with Gasteiger partial charge in [0.2, 0.25) is 0 Å². The molecule has 9 atom stereocenters. The molecule has 0 N–H and O–H groups in total. The van der Waals surface area contributed by atoms with Gasteiger partial charge in [0.1, 0.15) is 6.10 Å². The Kier molecular flexibility index (Phi) is 7.28. The third-order valence-corrected chi connectivity index (χ3v) is 10.4. The van der Waals surface area contributed by atoms with Gasteiger partial charge in [0.15, 0.2) is 0 Å². The van der Waals surface area contributed by atoms with Crippen LogP contribution in [0.25, 0.3) is 0 Å². The summed E-state index contributed by atoms with van der Waals surface area (Å²) in [7, 11) is 0. The molecule has 3 saturated carbocycles. The van der Waals surface area contributed by atoms with E-state index >= 15 is 0 Å². The van der Waals surface area contributed by atoms with E-state index in [0.717, 1.165) is 60.2 Å². The number of hydrogen-bond acceptors (Lipinski definition) is 2. The third kappa shape index (κ3) is 4.49. The number of ether oxygens (including phenoxy) is 1. The van der Waals surface area contributed by atoms with Crippen LogP contribution in [0.4, 0.5) is 0 Å². The molecule has 0 bridgehead atoms. The Balaban J connectivity index is 1.44. The normalized spacial score (nSPS) is 40.9. The largest absolute Gasteiger partial charge is 0.462 e. The summed E-state index contributed by atoms with van der Waals surface area (Å²) in [5.74, 6) is 6.56. The fraction of sp³-hybridized carbons (Fsp3) is 0.833. The van der Waals surface area contributed by atoms with Gasteiger partial charge in [0.05, 0.1) is 0 Å². The molecule has 2 nitrogen and oxygen atoms in total. The molecule has 9 unspecified atom stereocenters. The molecule has 0 radical (unpaired) electrons. The maximum Gasteiger partial charge on any atom is 0.302 e. The molecule has 4 aliphatic carbocycles. The van der Waals surface area contributed by atoms with Gasteiger partial charge in [-0.2, -0.15) is 0 Å². The minimum absolute atomic E-state index is 0.112. The Hall–Kier alpha value is -1.05. The van der Waals surface area contributed by atoms with Crippen molar-refractivity contribution in [3.05, 3.63) is 23.8 Å². The topological polar surface area (TPSA) is 26.3 Å². The van der Waals surface area contributed by atoms with Gasteiger partial charge >= 0.3 is 5.97 Å². The molecule has 0 amide bonds. The second-order valence-electron chi connectivity index (χ2n) is 12.3. The first-order chi connectivity index (χ1) is 15.2. The fourth-order valence-corrected chi connectivity index (χ4v) is 8.60. The van der Waals surface area contributed by atoms with Gasteiger partial charge in [-0.15, -0.1) is 0 Å². The highest BCUT2D eigenvalue weighted by Gasteiger charge is 2.54. The Morgan fingerprint density at radius 3 is 2.53 bits per heavy atom. The predicted octanol–water partition coefficient (Wildman–Crippen LogP) is 7.98. The lowest BCUT2D eigenvalue weighted by Gasteiger charge is -2.55. The van der Waals surface area contributed by atoms with Crippen LogP contribution in [0.3, 0.4) is 0 Å². The average molecular weight is 441 g/mol. The van der Waals surface area contributed by atoms with E-state index < -0.39 is 0 Å². The molecule has 0 aromatic heterocycles. The highest BCUT2D eigenvalue weighted by molar-refractivity contribution is 5.66. The second-order valence-corrected chi connectivity index (χ2v) is 12.3. The molecule has 2 heteroatoms. The molecule has 0 aromatic carbocycles. The molecule has 180 valence electrons.